The summed E-state index contributed by atoms with van der Waals surface area (Å²) in [6.07, 6.45) is 27.4. The summed E-state index contributed by atoms with van der Waals surface area (Å²) in [7, 11) is 2.20. The highest BCUT2D eigenvalue weighted by Crippen LogP contribution is 2.35. The average molecular weight is 771 g/mol. The fourth-order valence-corrected chi connectivity index (χ4v) is 7.76. The van der Waals surface area contributed by atoms with E-state index >= 15 is 0 Å². The van der Waals surface area contributed by atoms with Crippen molar-refractivity contribution in [2.75, 3.05) is 59.6 Å². The molecule has 0 spiro atoms. The van der Waals surface area contributed by atoms with Crippen molar-refractivity contribution in [2.45, 2.75) is 187 Å². The van der Waals surface area contributed by atoms with E-state index in [-0.39, 0.29) is 24.0 Å². The molecule has 2 aliphatic rings. The second kappa shape index (κ2) is 31.9. The van der Waals surface area contributed by atoms with Crippen LogP contribution >= 0.6 is 0 Å². The summed E-state index contributed by atoms with van der Waals surface area (Å²) in [5.41, 5.74) is 8.28. The lowest BCUT2D eigenvalue weighted by Crippen LogP contribution is -2.47. The largest absolute Gasteiger partial charge is 0.466 e. The maximum absolute atomic E-state index is 12.5. The molecule has 0 saturated carbocycles. The van der Waals surface area contributed by atoms with Crippen molar-refractivity contribution in [1.82, 2.24) is 9.80 Å². The Kier molecular flexibility index (Phi) is 28.4. The van der Waals surface area contributed by atoms with Crippen molar-refractivity contribution in [2.24, 2.45) is 11.8 Å². The fraction of sp³-hybridized carbons (Fsp3) is 0.851. The number of carbonyl (C=O) groups excluding carboxylic acids is 2. The van der Waals surface area contributed by atoms with Crippen LogP contribution in [-0.4, -0.2) is 93.2 Å². The van der Waals surface area contributed by atoms with E-state index in [2.05, 4.69) is 61.4 Å². The van der Waals surface area contributed by atoms with Crippen molar-refractivity contribution in [3.05, 3.63) is 29.8 Å². The lowest BCUT2D eigenvalue weighted by Gasteiger charge is -2.34. The van der Waals surface area contributed by atoms with E-state index in [0.717, 1.165) is 123 Å². The van der Waals surface area contributed by atoms with E-state index in [1.54, 1.807) is 0 Å². The van der Waals surface area contributed by atoms with E-state index < -0.39 is 5.79 Å². The second-order valence-electron chi connectivity index (χ2n) is 16.6. The van der Waals surface area contributed by atoms with Gasteiger partial charge in [-0.25, -0.2) is 0 Å². The van der Waals surface area contributed by atoms with Gasteiger partial charge >= 0.3 is 11.9 Å². The summed E-state index contributed by atoms with van der Waals surface area (Å²) < 4.78 is 24.4. The Bertz CT molecular complexity index is 1120. The fourth-order valence-electron chi connectivity index (χ4n) is 7.76. The van der Waals surface area contributed by atoms with E-state index in [9.17, 15) is 9.59 Å². The summed E-state index contributed by atoms with van der Waals surface area (Å²) in [6.45, 7) is 17.2. The molecule has 0 aliphatic carbocycles. The number of hydrogen-bond donors (Lipinski definition) is 0. The smallest absolute Gasteiger partial charge is 0.306 e. The van der Waals surface area contributed by atoms with Gasteiger partial charge in [0.15, 0.2) is 5.79 Å². The lowest BCUT2D eigenvalue weighted by atomic mass is 9.98. The van der Waals surface area contributed by atoms with Gasteiger partial charge < -0.3 is 23.8 Å². The van der Waals surface area contributed by atoms with Crippen molar-refractivity contribution in [1.29, 1.82) is 0 Å². The number of rotatable bonds is 33. The molecular formula is C47H82N2O6. The van der Waals surface area contributed by atoms with Gasteiger partial charge in [-0.15, -0.1) is 0 Å². The molecule has 0 radical (unpaired) electrons. The van der Waals surface area contributed by atoms with E-state index in [1.165, 1.54) is 51.4 Å². The molecule has 2 rings (SSSR count). The number of allylic oxidation sites excluding steroid dienone is 1. The van der Waals surface area contributed by atoms with E-state index in [4.69, 9.17) is 18.9 Å². The van der Waals surface area contributed by atoms with Crippen molar-refractivity contribution in [3.63, 3.8) is 0 Å². The molecule has 4 unspecified atom stereocenters. The molecule has 0 aromatic heterocycles. The van der Waals surface area contributed by atoms with Gasteiger partial charge in [0.25, 0.3) is 0 Å². The molecular weight excluding hydrogens is 689 g/mol. The van der Waals surface area contributed by atoms with Crippen LogP contribution in [0.15, 0.2) is 29.8 Å². The first-order valence-corrected chi connectivity index (χ1v) is 22.7. The monoisotopic (exact) mass is 771 g/mol. The normalized spacial score (nSPS) is 20.0. The maximum Gasteiger partial charge on any atom is 0.306 e. The number of hydrogen-bond acceptors (Lipinski definition) is 8. The van der Waals surface area contributed by atoms with Gasteiger partial charge in [0.2, 0.25) is 0 Å². The quantitative estimate of drug-likeness (QED) is 0.0371. The van der Waals surface area contributed by atoms with Crippen molar-refractivity contribution < 1.29 is 28.5 Å². The Morgan fingerprint density at radius 2 is 1.31 bits per heavy atom. The minimum Gasteiger partial charge on any atom is -0.466 e. The van der Waals surface area contributed by atoms with Gasteiger partial charge in [-0.3, -0.25) is 14.5 Å². The van der Waals surface area contributed by atoms with E-state index in [1.807, 2.05) is 6.08 Å². The lowest BCUT2D eigenvalue weighted by molar-refractivity contribution is -0.181. The molecule has 0 aromatic rings. The van der Waals surface area contributed by atoms with Gasteiger partial charge in [0, 0.05) is 52.0 Å². The number of ether oxygens (including phenoxy) is 4. The molecule has 0 N–H and O–H groups in total. The summed E-state index contributed by atoms with van der Waals surface area (Å²) in [4.78, 5) is 29.6. The Labute approximate surface area is 337 Å². The van der Waals surface area contributed by atoms with Gasteiger partial charge in [0.05, 0.1) is 32.3 Å². The first-order chi connectivity index (χ1) is 26.8. The first kappa shape index (κ1) is 49.0. The Balaban J connectivity index is 1.64. The number of esters is 2. The number of unbranched alkanes of at least 4 members (excludes halogenated alkanes) is 14. The molecule has 8 heteroatoms. The molecule has 2 fully saturated rings. The highest BCUT2D eigenvalue weighted by molar-refractivity contribution is 5.70. The Hall–Kier alpha value is -2.14. The van der Waals surface area contributed by atoms with Crippen molar-refractivity contribution >= 4 is 11.9 Å². The van der Waals surface area contributed by atoms with Crippen LogP contribution < -0.4 is 0 Å². The number of piperazine rings is 1. The molecule has 2 saturated heterocycles. The molecule has 55 heavy (non-hydrogen) atoms. The zero-order chi connectivity index (χ0) is 39.8. The van der Waals surface area contributed by atoms with Crippen LogP contribution in [0.2, 0.25) is 0 Å². The maximum atomic E-state index is 12.5. The SMILES string of the molecule is C=C=C=C=CC(CCCCC)CC(=O)OCCCCCCCCC1(CCCCCCCCOC(=O)CC(C)CCCCC)OCC(CN2CCN(C)CC2)O1. The average Bonchev–Trinajstić information content (AvgIpc) is 3.56. The predicted molar refractivity (Wildman–Crippen MR) is 225 cm³/mol. The standard InChI is InChI=1S/C47H82N2O6/c1-6-9-20-27-42(4)38-45(50)52-36-25-18-14-12-16-23-30-47(54-41-44(55-47)40-49-34-32-48(5)33-35-49)31-24-17-13-15-19-26-37-53-46(51)39-43(28-21-10-7-2)29-22-11-8-3/h28,42-44H,2,6,8-9,11-20,22-27,29-41H2,1,3-5H3. The predicted octanol–water partition coefficient (Wildman–Crippen LogP) is 10.7. The molecule has 8 nitrogen and oxygen atoms in total. The Morgan fingerprint density at radius 3 is 1.89 bits per heavy atom. The van der Waals surface area contributed by atoms with Crippen LogP contribution in [-0.2, 0) is 28.5 Å². The minimum absolute atomic E-state index is 0.0305. The molecule has 0 bridgehead atoms. The molecule has 0 amide bonds. The van der Waals surface area contributed by atoms with Crippen LogP contribution in [0.25, 0.3) is 0 Å². The summed E-state index contributed by atoms with van der Waals surface area (Å²) in [5.74, 6) is -0.0492. The first-order valence-electron chi connectivity index (χ1n) is 22.7. The van der Waals surface area contributed by atoms with Crippen LogP contribution in [0.1, 0.15) is 175 Å². The number of carbonyl (C=O) groups is 2. The van der Waals surface area contributed by atoms with Crippen LogP contribution in [0.5, 0.6) is 0 Å². The second-order valence-corrected chi connectivity index (χ2v) is 16.6. The Morgan fingerprint density at radius 1 is 0.764 bits per heavy atom. The van der Waals surface area contributed by atoms with Crippen LogP contribution in [0, 0.1) is 11.8 Å². The number of nitrogens with zero attached hydrogens (tertiary/aromatic N) is 2. The number of likely N-dealkylation sites (N-methyl/N-ethyl adjacent to an activating group) is 1. The zero-order valence-electron chi connectivity index (χ0n) is 36.0. The van der Waals surface area contributed by atoms with Crippen molar-refractivity contribution in [3.8, 4) is 0 Å². The molecule has 0 aromatic carbocycles. The third-order valence-electron chi connectivity index (χ3n) is 11.3. The van der Waals surface area contributed by atoms with Gasteiger partial charge in [0.1, 0.15) is 0 Å². The van der Waals surface area contributed by atoms with Gasteiger partial charge in [-0.05, 0) is 69.4 Å². The summed E-state index contributed by atoms with van der Waals surface area (Å²) in [6, 6.07) is 0. The van der Waals surface area contributed by atoms with Gasteiger partial charge in [-0.2, -0.15) is 0 Å². The van der Waals surface area contributed by atoms with Crippen LogP contribution in [0.4, 0.5) is 0 Å². The summed E-state index contributed by atoms with van der Waals surface area (Å²) in [5, 5.41) is 0. The molecule has 2 aliphatic heterocycles. The summed E-state index contributed by atoms with van der Waals surface area (Å²) >= 11 is 0. The molecule has 2 heterocycles. The van der Waals surface area contributed by atoms with Gasteiger partial charge in [-0.1, -0.05) is 129 Å². The zero-order valence-corrected chi connectivity index (χ0v) is 36.0. The minimum atomic E-state index is -0.450. The molecule has 316 valence electrons. The topological polar surface area (TPSA) is 77.5 Å². The highest BCUT2D eigenvalue weighted by Gasteiger charge is 2.41. The molecule has 4 atom stereocenters. The third kappa shape index (κ3) is 25.0. The van der Waals surface area contributed by atoms with Crippen LogP contribution in [0.3, 0.4) is 0 Å². The third-order valence-corrected chi connectivity index (χ3v) is 11.3. The van der Waals surface area contributed by atoms with E-state index in [0.29, 0.717) is 38.6 Å². The highest BCUT2D eigenvalue weighted by atomic mass is 16.7.